The van der Waals surface area contributed by atoms with Crippen LogP contribution >= 0.6 is 0 Å². The lowest BCUT2D eigenvalue weighted by Crippen LogP contribution is -2.26. The summed E-state index contributed by atoms with van der Waals surface area (Å²) in [5, 5.41) is 11.7. The fourth-order valence-corrected chi connectivity index (χ4v) is 3.89. The second-order valence-corrected chi connectivity index (χ2v) is 7.10. The number of nitrogens with zero attached hydrogens (tertiary/aromatic N) is 3. The fourth-order valence-electron chi connectivity index (χ4n) is 3.89. The van der Waals surface area contributed by atoms with Crippen LogP contribution in [0, 0.1) is 0 Å². The van der Waals surface area contributed by atoms with Crippen LogP contribution in [0.4, 0.5) is 0 Å². The van der Waals surface area contributed by atoms with Crippen LogP contribution < -0.4 is 5.32 Å². The minimum Gasteiger partial charge on any atom is -0.396 e. The SMILES string of the molecule is O=C(Cc1c[nH]c2ncc3nc(C4CCCCC4)cn3c12)NCCCO. The summed E-state index contributed by atoms with van der Waals surface area (Å²) < 4.78 is 2.07. The number of fused-ring (bicyclic) bond motifs is 3. The maximum Gasteiger partial charge on any atom is 0.224 e. The van der Waals surface area contributed by atoms with E-state index in [0.29, 0.717) is 18.9 Å². The topological polar surface area (TPSA) is 95.3 Å². The Labute approximate surface area is 151 Å². The molecule has 0 aliphatic heterocycles. The number of aromatic amines is 1. The highest BCUT2D eigenvalue weighted by atomic mass is 16.3. The summed E-state index contributed by atoms with van der Waals surface area (Å²) in [6.07, 6.45) is 12.9. The number of carbonyl (C=O) groups is 1. The Hall–Kier alpha value is -2.41. The Morgan fingerprint density at radius 1 is 1.35 bits per heavy atom. The van der Waals surface area contributed by atoms with Crippen LogP contribution in [-0.4, -0.2) is 43.5 Å². The van der Waals surface area contributed by atoms with Crippen LogP contribution in [0.5, 0.6) is 0 Å². The Balaban J connectivity index is 1.64. The summed E-state index contributed by atoms with van der Waals surface area (Å²) in [5.41, 5.74) is 4.57. The second-order valence-electron chi connectivity index (χ2n) is 7.10. The van der Waals surface area contributed by atoms with Gasteiger partial charge in [-0.3, -0.25) is 9.20 Å². The maximum atomic E-state index is 12.2. The zero-order valence-corrected chi connectivity index (χ0v) is 14.9. The summed E-state index contributed by atoms with van der Waals surface area (Å²) in [5.74, 6) is 0.479. The molecule has 1 saturated carbocycles. The van der Waals surface area contributed by atoms with Crippen molar-refractivity contribution >= 4 is 22.7 Å². The zero-order valence-electron chi connectivity index (χ0n) is 14.9. The molecule has 1 aliphatic carbocycles. The Bertz CT molecular complexity index is 907. The predicted molar refractivity (Wildman–Crippen MR) is 99.1 cm³/mol. The van der Waals surface area contributed by atoms with E-state index in [1.807, 2.05) is 6.20 Å². The zero-order chi connectivity index (χ0) is 17.9. The van der Waals surface area contributed by atoms with E-state index < -0.39 is 0 Å². The van der Waals surface area contributed by atoms with Gasteiger partial charge in [-0.15, -0.1) is 0 Å². The third-order valence-electron chi connectivity index (χ3n) is 5.24. The van der Waals surface area contributed by atoms with Crippen molar-refractivity contribution in [1.82, 2.24) is 24.7 Å². The first-order chi connectivity index (χ1) is 12.8. The molecular formula is C19H25N5O2. The molecule has 26 heavy (non-hydrogen) atoms. The maximum absolute atomic E-state index is 12.2. The van der Waals surface area contributed by atoms with Crippen molar-refractivity contribution in [2.45, 2.75) is 50.9 Å². The molecule has 3 heterocycles. The van der Waals surface area contributed by atoms with Gasteiger partial charge in [-0.25, -0.2) is 9.97 Å². The number of carbonyl (C=O) groups excluding carboxylic acids is 1. The van der Waals surface area contributed by atoms with Gasteiger partial charge >= 0.3 is 0 Å². The van der Waals surface area contributed by atoms with Gasteiger partial charge in [0, 0.05) is 37.0 Å². The highest BCUT2D eigenvalue weighted by Crippen LogP contribution is 2.32. The number of amides is 1. The van der Waals surface area contributed by atoms with E-state index in [-0.39, 0.29) is 18.9 Å². The molecule has 1 fully saturated rings. The molecule has 0 saturated heterocycles. The van der Waals surface area contributed by atoms with Crippen LogP contribution in [0.1, 0.15) is 55.7 Å². The number of aliphatic hydroxyl groups is 1. The molecule has 1 aliphatic rings. The molecular weight excluding hydrogens is 330 g/mol. The summed E-state index contributed by atoms with van der Waals surface area (Å²) in [7, 11) is 0. The molecule has 138 valence electrons. The van der Waals surface area contributed by atoms with Crippen LogP contribution in [0.25, 0.3) is 16.8 Å². The monoisotopic (exact) mass is 355 g/mol. The highest BCUT2D eigenvalue weighted by Gasteiger charge is 2.20. The lowest BCUT2D eigenvalue weighted by molar-refractivity contribution is -0.120. The first-order valence-electron chi connectivity index (χ1n) is 9.48. The Morgan fingerprint density at radius 3 is 3.00 bits per heavy atom. The molecule has 3 aromatic heterocycles. The molecule has 7 heteroatoms. The van der Waals surface area contributed by atoms with Crippen molar-refractivity contribution in [2.24, 2.45) is 0 Å². The van der Waals surface area contributed by atoms with Crippen molar-refractivity contribution in [2.75, 3.05) is 13.2 Å². The van der Waals surface area contributed by atoms with Gasteiger partial charge in [0.2, 0.25) is 5.91 Å². The third kappa shape index (κ3) is 3.31. The lowest BCUT2D eigenvalue weighted by atomic mass is 9.87. The van der Waals surface area contributed by atoms with E-state index >= 15 is 0 Å². The van der Waals surface area contributed by atoms with Gasteiger partial charge in [0.25, 0.3) is 0 Å². The molecule has 0 bridgehead atoms. The molecule has 3 aromatic rings. The van der Waals surface area contributed by atoms with Gasteiger partial charge in [-0.2, -0.15) is 0 Å². The number of imidazole rings is 1. The van der Waals surface area contributed by atoms with Crippen molar-refractivity contribution in [3.8, 4) is 0 Å². The molecule has 0 atom stereocenters. The number of rotatable bonds is 6. The third-order valence-corrected chi connectivity index (χ3v) is 5.24. The van der Waals surface area contributed by atoms with Crippen molar-refractivity contribution < 1.29 is 9.90 Å². The summed E-state index contributed by atoms with van der Waals surface area (Å²) in [4.78, 5) is 24.6. The molecule has 1 amide bonds. The first kappa shape index (κ1) is 17.0. The lowest BCUT2D eigenvalue weighted by Gasteiger charge is -2.19. The van der Waals surface area contributed by atoms with Gasteiger partial charge in [-0.05, 0) is 19.3 Å². The van der Waals surface area contributed by atoms with Gasteiger partial charge in [0.05, 0.1) is 23.8 Å². The molecule has 0 unspecified atom stereocenters. The average Bonchev–Trinajstić information content (AvgIpc) is 3.26. The first-order valence-corrected chi connectivity index (χ1v) is 9.48. The van der Waals surface area contributed by atoms with Gasteiger partial charge in [0.1, 0.15) is 0 Å². The van der Waals surface area contributed by atoms with Gasteiger partial charge < -0.3 is 15.4 Å². The molecule has 0 radical (unpaired) electrons. The van der Waals surface area contributed by atoms with E-state index in [1.165, 1.54) is 32.1 Å². The minimum atomic E-state index is -0.0519. The van der Waals surface area contributed by atoms with Gasteiger partial charge in [-0.1, -0.05) is 19.3 Å². The van der Waals surface area contributed by atoms with E-state index in [2.05, 4.69) is 25.9 Å². The van der Waals surface area contributed by atoms with Crippen molar-refractivity contribution in [1.29, 1.82) is 0 Å². The number of hydrogen-bond donors (Lipinski definition) is 3. The Morgan fingerprint density at radius 2 is 2.19 bits per heavy atom. The van der Waals surface area contributed by atoms with E-state index in [4.69, 9.17) is 10.1 Å². The smallest absolute Gasteiger partial charge is 0.224 e. The van der Waals surface area contributed by atoms with Crippen LogP contribution in [-0.2, 0) is 11.2 Å². The van der Waals surface area contributed by atoms with Crippen molar-refractivity contribution in [3.05, 3.63) is 29.8 Å². The largest absolute Gasteiger partial charge is 0.396 e. The summed E-state index contributed by atoms with van der Waals surface area (Å²) in [6.45, 7) is 0.569. The molecule has 0 spiro atoms. The summed E-state index contributed by atoms with van der Waals surface area (Å²) >= 11 is 0. The van der Waals surface area contributed by atoms with E-state index in [9.17, 15) is 4.79 Å². The van der Waals surface area contributed by atoms with Crippen LogP contribution in [0.15, 0.2) is 18.6 Å². The van der Waals surface area contributed by atoms with E-state index in [1.54, 1.807) is 6.20 Å². The fraction of sp³-hybridized carbons (Fsp3) is 0.526. The molecule has 4 rings (SSSR count). The van der Waals surface area contributed by atoms with Crippen LogP contribution in [0.2, 0.25) is 0 Å². The number of H-pyrrole nitrogens is 1. The second kappa shape index (κ2) is 7.45. The number of hydrogen-bond acceptors (Lipinski definition) is 4. The van der Waals surface area contributed by atoms with Gasteiger partial charge in [0.15, 0.2) is 11.3 Å². The predicted octanol–water partition coefficient (Wildman–Crippen LogP) is 2.30. The average molecular weight is 355 g/mol. The number of aliphatic hydroxyl groups excluding tert-OH is 1. The molecule has 0 aromatic carbocycles. The standard InChI is InChI=1S/C19H25N5O2/c25-8-4-7-20-17(26)9-14-10-21-19-18(14)24-12-15(23-16(24)11-22-19)13-5-2-1-3-6-13/h10-13,21,25H,1-9H2,(H,20,26). The number of aromatic nitrogens is 4. The number of nitrogens with one attached hydrogen (secondary N) is 2. The minimum absolute atomic E-state index is 0.0519. The van der Waals surface area contributed by atoms with Crippen LogP contribution in [0.3, 0.4) is 0 Å². The molecule has 3 N–H and O–H groups in total. The van der Waals surface area contributed by atoms with E-state index in [0.717, 1.165) is 28.1 Å². The quantitative estimate of drug-likeness (QED) is 0.591. The Kier molecular flexibility index (Phi) is 4.88. The normalized spacial score (nSPS) is 15.7. The highest BCUT2D eigenvalue weighted by molar-refractivity contribution is 5.86. The van der Waals surface area contributed by atoms with Crippen molar-refractivity contribution in [3.63, 3.8) is 0 Å². The summed E-state index contributed by atoms with van der Waals surface area (Å²) in [6, 6.07) is 0. The molecule has 7 nitrogen and oxygen atoms in total.